The standard InChI is InChI=1S/C7H12NO2P/c8-7(6-11(9)10)4-2-1-3-5-7/h1-4,9-10H,5-6,8H2. The van der Waals surface area contributed by atoms with Gasteiger partial charge in [0.1, 0.15) is 0 Å². The van der Waals surface area contributed by atoms with Crippen molar-refractivity contribution in [3.8, 4) is 0 Å². The van der Waals surface area contributed by atoms with E-state index in [1.54, 1.807) is 0 Å². The van der Waals surface area contributed by atoms with Crippen molar-refractivity contribution >= 4 is 8.38 Å². The van der Waals surface area contributed by atoms with Gasteiger partial charge >= 0.3 is 0 Å². The lowest BCUT2D eigenvalue weighted by Gasteiger charge is -2.26. The van der Waals surface area contributed by atoms with Crippen LogP contribution in [0.2, 0.25) is 0 Å². The van der Waals surface area contributed by atoms with Crippen molar-refractivity contribution in [1.82, 2.24) is 0 Å². The highest BCUT2D eigenvalue weighted by atomic mass is 31.2. The van der Waals surface area contributed by atoms with Gasteiger partial charge in [0.05, 0.1) is 0 Å². The Labute approximate surface area is 67.1 Å². The summed E-state index contributed by atoms with van der Waals surface area (Å²) in [4.78, 5) is 17.5. The molecule has 0 amide bonds. The molecule has 0 saturated heterocycles. The van der Waals surface area contributed by atoms with Gasteiger partial charge < -0.3 is 15.5 Å². The van der Waals surface area contributed by atoms with Gasteiger partial charge in [-0.3, -0.25) is 0 Å². The Bertz CT molecular complexity index is 191. The van der Waals surface area contributed by atoms with E-state index in [1.807, 2.05) is 24.3 Å². The lowest BCUT2D eigenvalue weighted by Crippen LogP contribution is -2.41. The van der Waals surface area contributed by atoms with Crippen LogP contribution in [-0.4, -0.2) is 21.5 Å². The maximum Gasteiger partial charge on any atom is 0.167 e. The van der Waals surface area contributed by atoms with Gasteiger partial charge in [0.15, 0.2) is 8.38 Å². The summed E-state index contributed by atoms with van der Waals surface area (Å²) >= 11 is 0. The Morgan fingerprint density at radius 1 is 1.45 bits per heavy atom. The fourth-order valence-corrected chi connectivity index (χ4v) is 1.82. The third-order valence-corrected chi connectivity index (χ3v) is 2.48. The quantitative estimate of drug-likeness (QED) is 0.532. The first-order chi connectivity index (χ1) is 5.12. The van der Waals surface area contributed by atoms with Crippen LogP contribution in [0.5, 0.6) is 0 Å². The summed E-state index contributed by atoms with van der Waals surface area (Å²) in [5.74, 6) is 0. The average molecular weight is 173 g/mol. The summed E-state index contributed by atoms with van der Waals surface area (Å²) in [7, 11) is -1.88. The molecule has 11 heavy (non-hydrogen) atoms. The Balaban J connectivity index is 2.54. The van der Waals surface area contributed by atoms with E-state index in [2.05, 4.69) is 0 Å². The maximum atomic E-state index is 8.75. The second kappa shape index (κ2) is 3.46. The van der Waals surface area contributed by atoms with Crippen molar-refractivity contribution in [2.75, 3.05) is 6.16 Å². The SMILES string of the molecule is NC1(CP(O)O)C=CC=CC1. The first-order valence-corrected chi connectivity index (χ1v) is 4.84. The molecule has 62 valence electrons. The summed E-state index contributed by atoms with van der Waals surface area (Å²) in [6.45, 7) is 0. The highest BCUT2D eigenvalue weighted by molar-refractivity contribution is 7.45. The van der Waals surface area contributed by atoms with Gasteiger partial charge in [0.2, 0.25) is 0 Å². The van der Waals surface area contributed by atoms with Crippen LogP contribution in [0.25, 0.3) is 0 Å². The molecule has 1 rings (SSSR count). The van der Waals surface area contributed by atoms with Crippen molar-refractivity contribution in [1.29, 1.82) is 0 Å². The Morgan fingerprint density at radius 3 is 2.64 bits per heavy atom. The van der Waals surface area contributed by atoms with Crippen molar-refractivity contribution < 1.29 is 9.79 Å². The van der Waals surface area contributed by atoms with Gasteiger partial charge in [-0.2, -0.15) is 0 Å². The first-order valence-electron chi connectivity index (χ1n) is 3.41. The van der Waals surface area contributed by atoms with Gasteiger partial charge in [-0.1, -0.05) is 24.3 Å². The van der Waals surface area contributed by atoms with Gasteiger partial charge in [0.25, 0.3) is 0 Å². The van der Waals surface area contributed by atoms with E-state index >= 15 is 0 Å². The Hall–Kier alpha value is -0.210. The highest BCUT2D eigenvalue weighted by Gasteiger charge is 2.24. The number of rotatable bonds is 2. The number of hydrogen-bond acceptors (Lipinski definition) is 3. The zero-order valence-corrected chi connectivity index (χ0v) is 7.04. The van der Waals surface area contributed by atoms with Crippen LogP contribution in [0.15, 0.2) is 24.3 Å². The highest BCUT2D eigenvalue weighted by Crippen LogP contribution is 2.31. The van der Waals surface area contributed by atoms with Crippen LogP contribution in [-0.2, 0) is 0 Å². The molecule has 4 heteroatoms. The zero-order chi connectivity index (χ0) is 8.32. The van der Waals surface area contributed by atoms with Crippen LogP contribution in [0.1, 0.15) is 6.42 Å². The molecule has 4 N–H and O–H groups in total. The smallest absolute Gasteiger partial charge is 0.167 e. The van der Waals surface area contributed by atoms with E-state index < -0.39 is 13.9 Å². The molecule has 1 aliphatic rings. The summed E-state index contributed by atoms with van der Waals surface area (Å²) in [5.41, 5.74) is 5.28. The third-order valence-electron chi connectivity index (χ3n) is 1.61. The summed E-state index contributed by atoms with van der Waals surface area (Å²) in [6, 6.07) is 0. The Morgan fingerprint density at radius 2 is 2.18 bits per heavy atom. The zero-order valence-electron chi connectivity index (χ0n) is 6.14. The molecule has 0 aromatic rings. The van der Waals surface area contributed by atoms with E-state index in [4.69, 9.17) is 15.5 Å². The first kappa shape index (κ1) is 8.88. The molecule has 0 aromatic heterocycles. The van der Waals surface area contributed by atoms with Crippen LogP contribution >= 0.6 is 8.38 Å². The molecule has 0 aliphatic heterocycles. The summed E-state index contributed by atoms with van der Waals surface area (Å²) < 4.78 is 0. The number of hydrogen-bond donors (Lipinski definition) is 3. The van der Waals surface area contributed by atoms with Gasteiger partial charge in [-0.15, -0.1) is 0 Å². The minimum atomic E-state index is -1.88. The predicted molar refractivity (Wildman–Crippen MR) is 46.0 cm³/mol. The molecule has 0 heterocycles. The van der Waals surface area contributed by atoms with Crippen LogP contribution in [0.4, 0.5) is 0 Å². The summed E-state index contributed by atoms with van der Waals surface area (Å²) in [6.07, 6.45) is 8.42. The van der Waals surface area contributed by atoms with Gasteiger partial charge in [-0.05, 0) is 6.42 Å². The van der Waals surface area contributed by atoms with Crippen molar-refractivity contribution in [2.45, 2.75) is 12.0 Å². The molecule has 0 fully saturated rings. The van der Waals surface area contributed by atoms with E-state index in [-0.39, 0.29) is 6.16 Å². The Kier molecular flexibility index (Phi) is 2.79. The second-order valence-electron chi connectivity index (χ2n) is 2.75. The fraction of sp³-hybridized carbons (Fsp3) is 0.429. The normalized spacial score (nSPS) is 29.8. The summed E-state index contributed by atoms with van der Waals surface area (Å²) in [5, 5.41) is 0. The lowest BCUT2D eigenvalue weighted by molar-refractivity contribution is 0.459. The van der Waals surface area contributed by atoms with Crippen molar-refractivity contribution in [3.05, 3.63) is 24.3 Å². The van der Waals surface area contributed by atoms with Gasteiger partial charge in [-0.25, -0.2) is 0 Å². The van der Waals surface area contributed by atoms with Gasteiger partial charge in [0, 0.05) is 11.7 Å². The van der Waals surface area contributed by atoms with Crippen molar-refractivity contribution in [3.63, 3.8) is 0 Å². The molecular weight excluding hydrogens is 161 g/mol. The van der Waals surface area contributed by atoms with E-state index in [1.165, 1.54) is 0 Å². The van der Waals surface area contributed by atoms with Crippen LogP contribution in [0.3, 0.4) is 0 Å². The van der Waals surface area contributed by atoms with Crippen LogP contribution in [0, 0.1) is 0 Å². The molecule has 0 spiro atoms. The largest absolute Gasteiger partial charge is 0.350 e. The molecule has 1 aliphatic carbocycles. The predicted octanol–water partition coefficient (Wildman–Crippen LogP) is 0.497. The second-order valence-corrected chi connectivity index (χ2v) is 3.82. The molecule has 1 atom stereocenters. The van der Waals surface area contributed by atoms with E-state index in [9.17, 15) is 0 Å². The molecule has 0 aromatic carbocycles. The molecule has 0 saturated carbocycles. The maximum absolute atomic E-state index is 8.75. The molecule has 3 nitrogen and oxygen atoms in total. The minimum absolute atomic E-state index is 0.253. The monoisotopic (exact) mass is 173 g/mol. The molecule has 0 bridgehead atoms. The fourth-order valence-electron chi connectivity index (χ4n) is 1.06. The molecule has 0 radical (unpaired) electrons. The van der Waals surface area contributed by atoms with E-state index in [0.717, 1.165) is 0 Å². The number of allylic oxidation sites excluding steroid dienone is 2. The van der Waals surface area contributed by atoms with Crippen molar-refractivity contribution in [2.24, 2.45) is 5.73 Å². The minimum Gasteiger partial charge on any atom is -0.350 e. The average Bonchev–Trinajstić information content (AvgIpc) is 1.85. The molecule has 1 unspecified atom stereocenters. The van der Waals surface area contributed by atoms with E-state index in [0.29, 0.717) is 6.42 Å². The lowest BCUT2D eigenvalue weighted by atomic mass is 9.95. The number of nitrogens with two attached hydrogens (primary N) is 1. The molecular formula is C7H12NO2P. The van der Waals surface area contributed by atoms with Crippen LogP contribution < -0.4 is 5.73 Å². The third kappa shape index (κ3) is 2.72. The topological polar surface area (TPSA) is 66.5 Å².